The Bertz CT molecular complexity index is 1210. The van der Waals surface area contributed by atoms with Crippen molar-refractivity contribution in [2.75, 3.05) is 31.2 Å². The number of aliphatic hydroxyl groups is 1. The van der Waals surface area contributed by atoms with Crippen LogP contribution in [-0.4, -0.2) is 71.8 Å². The van der Waals surface area contributed by atoms with E-state index in [1.54, 1.807) is 22.8 Å². The second kappa shape index (κ2) is 10.3. The summed E-state index contributed by atoms with van der Waals surface area (Å²) in [5, 5.41) is 11.4. The van der Waals surface area contributed by atoms with Crippen LogP contribution >= 0.6 is 0 Å². The molecule has 1 spiro atoms. The van der Waals surface area contributed by atoms with Crippen LogP contribution in [0.25, 0.3) is 10.8 Å². The van der Waals surface area contributed by atoms with E-state index in [1.165, 1.54) is 0 Å². The van der Waals surface area contributed by atoms with E-state index in [0.717, 1.165) is 10.8 Å². The van der Waals surface area contributed by atoms with Crippen molar-refractivity contribution in [3.63, 3.8) is 0 Å². The first kappa shape index (κ1) is 25.4. The fraction of sp³-hybridized carbons (Fsp3) is 0.483. The molecule has 3 saturated heterocycles. The smallest absolute Gasteiger partial charge is 0.312 e. The van der Waals surface area contributed by atoms with Crippen molar-refractivity contribution in [2.24, 2.45) is 11.8 Å². The molecule has 0 saturated carbocycles. The normalized spacial score (nSPS) is 27.9. The summed E-state index contributed by atoms with van der Waals surface area (Å²) in [6.07, 6.45) is 3.41. The highest BCUT2D eigenvalue weighted by Crippen LogP contribution is 2.59. The Hall–Kier alpha value is -3.23. The lowest BCUT2D eigenvalue weighted by Gasteiger charge is -2.36. The second-order valence-electron chi connectivity index (χ2n) is 10.0. The molecule has 2 bridgehead atoms. The van der Waals surface area contributed by atoms with Gasteiger partial charge in [-0.15, -0.1) is 6.58 Å². The van der Waals surface area contributed by atoms with Crippen LogP contribution in [0.4, 0.5) is 5.69 Å². The van der Waals surface area contributed by atoms with Crippen molar-refractivity contribution >= 4 is 34.2 Å². The molecule has 2 amide bonds. The van der Waals surface area contributed by atoms with Crippen LogP contribution in [0.3, 0.4) is 0 Å². The van der Waals surface area contributed by atoms with Crippen molar-refractivity contribution in [3.8, 4) is 0 Å². The van der Waals surface area contributed by atoms with E-state index in [1.807, 2.05) is 42.5 Å². The summed E-state index contributed by atoms with van der Waals surface area (Å²) in [6, 6.07) is 12.9. The Morgan fingerprint density at radius 1 is 1.24 bits per heavy atom. The Morgan fingerprint density at radius 2 is 2.03 bits per heavy atom. The first-order valence-corrected chi connectivity index (χ1v) is 13.1. The molecule has 2 aromatic carbocycles. The van der Waals surface area contributed by atoms with Gasteiger partial charge in [-0.05, 0) is 55.5 Å². The van der Waals surface area contributed by atoms with Gasteiger partial charge >= 0.3 is 5.97 Å². The maximum atomic E-state index is 14.4. The van der Waals surface area contributed by atoms with Crippen LogP contribution < -0.4 is 4.90 Å². The van der Waals surface area contributed by atoms with Crippen LogP contribution in [0.1, 0.15) is 32.6 Å². The highest BCUT2D eigenvalue weighted by Gasteiger charge is 2.75. The van der Waals surface area contributed by atoms with Crippen LogP contribution in [0.15, 0.2) is 55.1 Å². The molecule has 5 atom stereocenters. The minimum absolute atomic E-state index is 0.00107. The quantitative estimate of drug-likeness (QED) is 0.302. The molecule has 0 aliphatic carbocycles. The van der Waals surface area contributed by atoms with Crippen LogP contribution in [0.2, 0.25) is 0 Å². The van der Waals surface area contributed by atoms with Gasteiger partial charge < -0.3 is 24.4 Å². The van der Waals surface area contributed by atoms with Gasteiger partial charge in [-0.25, -0.2) is 0 Å². The fourth-order valence-electron chi connectivity index (χ4n) is 6.52. The largest absolute Gasteiger partial charge is 0.466 e. The van der Waals surface area contributed by atoms with E-state index < -0.39 is 35.6 Å². The first-order chi connectivity index (χ1) is 18.0. The Balaban J connectivity index is 1.55. The number of rotatable bonds is 10. The van der Waals surface area contributed by atoms with Crippen molar-refractivity contribution in [2.45, 2.75) is 50.4 Å². The summed E-state index contributed by atoms with van der Waals surface area (Å²) < 4.78 is 11.8. The van der Waals surface area contributed by atoms with E-state index in [-0.39, 0.29) is 31.6 Å². The molecule has 5 rings (SSSR count). The third-order valence-corrected chi connectivity index (χ3v) is 8.02. The van der Waals surface area contributed by atoms with Crippen molar-refractivity contribution in [1.82, 2.24) is 4.90 Å². The average molecular weight is 507 g/mol. The van der Waals surface area contributed by atoms with E-state index in [0.29, 0.717) is 37.9 Å². The molecule has 3 heterocycles. The molecule has 3 aliphatic rings. The second-order valence-corrected chi connectivity index (χ2v) is 10.0. The molecule has 1 N–H and O–H groups in total. The van der Waals surface area contributed by atoms with Gasteiger partial charge in [-0.2, -0.15) is 0 Å². The summed E-state index contributed by atoms with van der Waals surface area (Å²) in [4.78, 5) is 44.5. The number of amides is 2. The topological polar surface area (TPSA) is 96.4 Å². The number of anilines is 1. The van der Waals surface area contributed by atoms with Crippen LogP contribution in [0.5, 0.6) is 0 Å². The Morgan fingerprint density at radius 3 is 2.76 bits per heavy atom. The third kappa shape index (κ3) is 4.12. The highest BCUT2D eigenvalue weighted by atomic mass is 16.6. The van der Waals surface area contributed by atoms with E-state index in [4.69, 9.17) is 9.47 Å². The number of carbonyl (C=O) groups excluding carboxylic acids is 3. The number of fused-ring (bicyclic) bond motifs is 2. The van der Waals surface area contributed by atoms with Gasteiger partial charge in [-0.3, -0.25) is 14.4 Å². The number of esters is 1. The zero-order valence-corrected chi connectivity index (χ0v) is 21.2. The van der Waals surface area contributed by atoms with Crippen molar-refractivity contribution in [3.05, 3.63) is 55.1 Å². The van der Waals surface area contributed by atoms with Crippen LogP contribution in [0, 0.1) is 11.8 Å². The lowest BCUT2D eigenvalue weighted by molar-refractivity contribution is -0.154. The van der Waals surface area contributed by atoms with E-state index >= 15 is 0 Å². The number of ether oxygens (including phenoxy) is 2. The van der Waals surface area contributed by atoms with Gasteiger partial charge in [0.25, 0.3) is 5.91 Å². The molecule has 196 valence electrons. The zero-order valence-electron chi connectivity index (χ0n) is 21.2. The molecule has 3 fully saturated rings. The number of aliphatic hydroxyl groups excluding tert-OH is 1. The number of hydrogen-bond donors (Lipinski definition) is 1. The Labute approximate surface area is 216 Å². The highest BCUT2D eigenvalue weighted by molar-refractivity contribution is 6.05. The number of unbranched alkanes of at least 4 members (excludes halogenated alkanes) is 1. The first-order valence-electron chi connectivity index (χ1n) is 13.1. The van der Waals surface area contributed by atoms with Crippen molar-refractivity contribution < 1.29 is 29.0 Å². The predicted octanol–water partition coefficient (Wildman–Crippen LogP) is 3.07. The molecule has 8 heteroatoms. The van der Waals surface area contributed by atoms with Crippen LogP contribution in [-0.2, 0) is 23.9 Å². The van der Waals surface area contributed by atoms with Gasteiger partial charge in [0.05, 0.1) is 24.5 Å². The lowest BCUT2D eigenvalue weighted by Crippen LogP contribution is -2.56. The molecule has 0 radical (unpaired) electrons. The SMILES string of the molecule is C=CCN(C(=O)C1N(CCCCO)C(=O)[C@@H]2[C@@H](C(=O)OCC)[C@H]3CCC12O3)c1ccc2ccccc2c1. The standard InChI is InChI=1S/C29H34N2O6/c1-3-15-30(21-12-11-19-9-5-6-10-20(19)18-21)27(34)25-29-14-13-22(37-29)23(28(35)36-4-2)24(29)26(33)31(25)16-7-8-17-32/h3,5-6,9-12,18,22-25,32H,1,4,7-8,13-17H2,2H3/t22-,23+,24+,25?,29?/m1/s1. The number of likely N-dealkylation sites (tertiary alicyclic amines) is 1. The summed E-state index contributed by atoms with van der Waals surface area (Å²) in [5.74, 6) is -2.40. The summed E-state index contributed by atoms with van der Waals surface area (Å²) in [7, 11) is 0. The molecular weight excluding hydrogens is 472 g/mol. The fourth-order valence-corrected chi connectivity index (χ4v) is 6.52. The van der Waals surface area contributed by atoms with Crippen molar-refractivity contribution in [1.29, 1.82) is 0 Å². The lowest BCUT2D eigenvalue weighted by atomic mass is 9.70. The maximum absolute atomic E-state index is 14.4. The maximum Gasteiger partial charge on any atom is 0.312 e. The monoisotopic (exact) mass is 506 g/mol. The molecule has 0 aromatic heterocycles. The van der Waals surface area contributed by atoms with Gasteiger partial charge in [0.1, 0.15) is 11.6 Å². The Kier molecular flexibility index (Phi) is 7.05. The molecule has 2 unspecified atom stereocenters. The zero-order chi connectivity index (χ0) is 26.2. The number of benzene rings is 2. The minimum atomic E-state index is -1.08. The van der Waals surface area contributed by atoms with E-state index in [9.17, 15) is 19.5 Å². The van der Waals surface area contributed by atoms with E-state index in [2.05, 4.69) is 6.58 Å². The van der Waals surface area contributed by atoms with Gasteiger partial charge in [0.2, 0.25) is 5.91 Å². The molecule has 8 nitrogen and oxygen atoms in total. The molecular formula is C29H34N2O6. The van der Waals surface area contributed by atoms with Gasteiger partial charge in [0, 0.05) is 25.4 Å². The number of hydrogen-bond acceptors (Lipinski definition) is 6. The third-order valence-electron chi connectivity index (χ3n) is 8.02. The van der Waals surface area contributed by atoms with Gasteiger partial charge in [-0.1, -0.05) is 36.4 Å². The average Bonchev–Trinajstić information content (AvgIpc) is 3.54. The molecule has 37 heavy (non-hydrogen) atoms. The number of carbonyl (C=O) groups is 3. The summed E-state index contributed by atoms with van der Waals surface area (Å²) >= 11 is 0. The number of nitrogens with zero attached hydrogens (tertiary/aromatic N) is 2. The summed E-state index contributed by atoms with van der Waals surface area (Å²) in [6.45, 7) is 6.38. The molecule has 3 aliphatic heterocycles. The minimum Gasteiger partial charge on any atom is -0.466 e. The summed E-state index contributed by atoms with van der Waals surface area (Å²) in [5.41, 5.74) is -0.369. The predicted molar refractivity (Wildman–Crippen MR) is 139 cm³/mol. The van der Waals surface area contributed by atoms with Gasteiger partial charge in [0.15, 0.2) is 0 Å². The molecule has 2 aromatic rings.